The molecular weight excluding hydrogens is 352 g/mol. The Hall–Kier alpha value is -2.79. The Bertz CT molecular complexity index is 1310. The molecule has 1 aliphatic carbocycles. The van der Waals surface area contributed by atoms with Crippen molar-refractivity contribution in [2.45, 2.75) is 32.1 Å². The Kier molecular flexibility index (Phi) is 3.32. The van der Waals surface area contributed by atoms with Crippen LogP contribution in [0.3, 0.4) is 0 Å². The summed E-state index contributed by atoms with van der Waals surface area (Å²) in [6.07, 6.45) is 7.97. The van der Waals surface area contributed by atoms with Crippen LogP contribution < -0.4 is 0 Å². The van der Waals surface area contributed by atoms with Crippen molar-refractivity contribution in [3.63, 3.8) is 0 Å². The predicted molar refractivity (Wildman–Crippen MR) is 110 cm³/mol. The highest BCUT2D eigenvalue weighted by molar-refractivity contribution is 7.19. The molecule has 5 aromatic rings. The van der Waals surface area contributed by atoms with Gasteiger partial charge in [0.05, 0.1) is 5.39 Å². The van der Waals surface area contributed by atoms with Gasteiger partial charge in [0, 0.05) is 10.4 Å². The van der Waals surface area contributed by atoms with E-state index in [1.165, 1.54) is 52.3 Å². The zero-order valence-corrected chi connectivity index (χ0v) is 15.7. The van der Waals surface area contributed by atoms with Crippen LogP contribution in [0.25, 0.3) is 38.0 Å². The number of benzene rings is 2. The summed E-state index contributed by atoms with van der Waals surface area (Å²) in [6.45, 7) is 0. The van der Waals surface area contributed by atoms with Gasteiger partial charge in [-0.25, -0.2) is 14.5 Å². The van der Waals surface area contributed by atoms with Crippen LogP contribution in [0, 0.1) is 0 Å². The van der Waals surface area contributed by atoms with E-state index < -0.39 is 0 Å². The Morgan fingerprint density at radius 2 is 1.81 bits per heavy atom. The molecule has 3 aromatic heterocycles. The minimum absolute atomic E-state index is 0.773. The van der Waals surface area contributed by atoms with Crippen molar-refractivity contribution < 1.29 is 0 Å². The average molecular weight is 370 g/mol. The highest BCUT2D eigenvalue weighted by Gasteiger charge is 2.20. The second kappa shape index (κ2) is 5.86. The molecule has 0 N–H and O–H groups in total. The molecule has 0 aliphatic heterocycles. The smallest absolute Gasteiger partial charge is 0.182 e. The van der Waals surface area contributed by atoms with E-state index in [1.54, 1.807) is 0 Å². The number of hydrogen-bond acceptors (Lipinski definition) is 4. The van der Waals surface area contributed by atoms with Crippen molar-refractivity contribution in [1.82, 2.24) is 19.6 Å². The molecule has 2 aromatic carbocycles. The third-order valence-electron chi connectivity index (χ3n) is 5.57. The maximum Gasteiger partial charge on any atom is 0.182 e. The Morgan fingerprint density at radius 1 is 0.926 bits per heavy atom. The maximum absolute atomic E-state index is 4.99. The lowest BCUT2D eigenvalue weighted by Gasteiger charge is -2.01. The van der Waals surface area contributed by atoms with E-state index >= 15 is 0 Å². The number of thiophene rings is 1. The van der Waals surface area contributed by atoms with Gasteiger partial charge in [0.25, 0.3) is 0 Å². The summed E-state index contributed by atoms with van der Waals surface area (Å²) >= 11 is 1.84. The van der Waals surface area contributed by atoms with Gasteiger partial charge in [-0.2, -0.15) is 0 Å². The lowest BCUT2D eigenvalue weighted by atomic mass is 10.0. The topological polar surface area (TPSA) is 43.1 Å². The first-order chi connectivity index (χ1) is 13.4. The summed E-state index contributed by atoms with van der Waals surface area (Å²) in [4.78, 5) is 12.3. The molecule has 0 atom stereocenters. The molecule has 4 nitrogen and oxygen atoms in total. The maximum atomic E-state index is 4.99. The van der Waals surface area contributed by atoms with Gasteiger partial charge in [0.2, 0.25) is 0 Å². The van der Waals surface area contributed by atoms with Gasteiger partial charge in [-0.15, -0.1) is 16.4 Å². The van der Waals surface area contributed by atoms with Gasteiger partial charge in [0.15, 0.2) is 11.5 Å². The van der Waals surface area contributed by atoms with Crippen LogP contribution in [0.1, 0.15) is 29.7 Å². The lowest BCUT2D eigenvalue weighted by Crippen LogP contribution is -1.92. The molecule has 0 saturated carbocycles. The summed E-state index contributed by atoms with van der Waals surface area (Å²) in [7, 11) is 0. The molecule has 132 valence electrons. The standard InChI is InChI=1S/C22H18N4S/c1-2-10-17-18(12-3-1)27-22-19(17)21-24-20(25-26(21)13-23-22)16-11-6-8-14-7-4-5-9-15(14)16/h4-9,11,13H,1-3,10,12H2. The zero-order valence-electron chi connectivity index (χ0n) is 14.9. The van der Waals surface area contributed by atoms with Crippen molar-refractivity contribution in [1.29, 1.82) is 0 Å². The predicted octanol–water partition coefficient (Wildman–Crippen LogP) is 5.43. The molecule has 0 spiro atoms. The minimum atomic E-state index is 0.773. The van der Waals surface area contributed by atoms with E-state index in [9.17, 15) is 0 Å². The third kappa shape index (κ3) is 2.31. The molecule has 0 amide bonds. The van der Waals surface area contributed by atoms with Crippen molar-refractivity contribution >= 4 is 38.0 Å². The van der Waals surface area contributed by atoms with E-state index in [2.05, 4.69) is 42.5 Å². The molecule has 0 radical (unpaired) electrons. The van der Waals surface area contributed by atoms with Crippen LogP contribution in [0.2, 0.25) is 0 Å². The summed E-state index contributed by atoms with van der Waals surface area (Å²) < 4.78 is 1.86. The van der Waals surface area contributed by atoms with Gasteiger partial charge >= 0.3 is 0 Å². The number of fused-ring (bicyclic) bond motifs is 6. The molecule has 5 heteroatoms. The van der Waals surface area contributed by atoms with E-state index in [0.717, 1.165) is 28.3 Å². The molecule has 0 unspecified atom stereocenters. The Labute approximate surface area is 160 Å². The van der Waals surface area contributed by atoms with E-state index in [4.69, 9.17) is 15.1 Å². The van der Waals surface area contributed by atoms with Crippen molar-refractivity contribution in [2.75, 3.05) is 0 Å². The second-order valence-electron chi connectivity index (χ2n) is 7.22. The van der Waals surface area contributed by atoms with Crippen molar-refractivity contribution in [3.8, 4) is 11.4 Å². The summed E-state index contributed by atoms with van der Waals surface area (Å²) in [6, 6.07) is 14.7. The molecule has 1 aliphatic rings. The van der Waals surface area contributed by atoms with Gasteiger partial charge < -0.3 is 0 Å². The molecule has 0 fully saturated rings. The Morgan fingerprint density at radius 3 is 2.81 bits per heavy atom. The second-order valence-corrected chi connectivity index (χ2v) is 8.30. The van der Waals surface area contributed by atoms with Crippen molar-refractivity contribution in [3.05, 3.63) is 59.2 Å². The SMILES string of the molecule is c1ccc2c(-c3nc4c5c6c(sc5ncn4n3)CCCCC6)cccc2c1. The van der Waals surface area contributed by atoms with Crippen LogP contribution in [-0.4, -0.2) is 19.6 Å². The number of rotatable bonds is 1. The van der Waals surface area contributed by atoms with Crippen LogP contribution >= 0.6 is 11.3 Å². The van der Waals surface area contributed by atoms with E-state index in [1.807, 2.05) is 22.2 Å². The quantitative estimate of drug-likeness (QED) is 0.370. The summed E-state index contributed by atoms with van der Waals surface area (Å²) in [5, 5.41) is 8.40. The normalized spacial score (nSPS) is 14.7. The van der Waals surface area contributed by atoms with Gasteiger partial charge in [-0.1, -0.05) is 48.9 Å². The van der Waals surface area contributed by atoms with E-state index in [-0.39, 0.29) is 0 Å². The summed E-state index contributed by atoms with van der Waals surface area (Å²) in [5.41, 5.74) is 3.48. The molecule has 27 heavy (non-hydrogen) atoms. The van der Waals surface area contributed by atoms with Crippen molar-refractivity contribution in [2.24, 2.45) is 0 Å². The summed E-state index contributed by atoms with van der Waals surface area (Å²) in [5.74, 6) is 0.773. The number of nitrogens with zero attached hydrogens (tertiary/aromatic N) is 4. The fourth-order valence-electron chi connectivity index (χ4n) is 4.27. The fraction of sp³-hybridized carbons (Fsp3) is 0.227. The largest absolute Gasteiger partial charge is 0.225 e. The van der Waals surface area contributed by atoms with E-state index in [0.29, 0.717) is 0 Å². The first-order valence-corrected chi connectivity index (χ1v) is 10.3. The van der Waals surface area contributed by atoms with Gasteiger partial charge in [-0.05, 0) is 42.0 Å². The Balaban J connectivity index is 1.64. The van der Waals surface area contributed by atoms with Gasteiger partial charge in [0.1, 0.15) is 11.2 Å². The first-order valence-electron chi connectivity index (χ1n) is 9.52. The molecular formula is C22H18N4S. The number of aryl methyl sites for hydroxylation is 2. The van der Waals surface area contributed by atoms with Crippen LogP contribution in [0.15, 0.2) is 48.8 Å². The lowest BCUT2D eigenvalue weighted by molar-refractivity contribution is 0.713. The molecule has 6 rings (SSSR count). The highest BCUT2D eigenvalue weighted by atomic mass is 32.1. The number of hydrogen-bond donors (Lipinski definition) is 0. The first kappa shape index (κ1) is 15.3. The number of aromatic nitrogens is 4. The van der Waals surface area contributed by atoms with Gasteiger partial charge in [-0.3, -0.25) is 0 Å². The highest BCUT2D eigenvalue weighted by Crippen LogP contribution is 2.37. The van der Waals surface area contributed by atoms with Crippen LogP contribution in [-0.2, 0) is 12.8 Å². The zero-order chi connectivity index (χ0) is 17.8. The fourth-order valence-corrected chi connectivity index (χ4v) is 5.49. The van der Waals surface area contributed by atoms with Crippen LogP contribution in [0.5, 0.6) is 0 Å². The third-order valence-corrected chi connectivity index (χ3v) is 6.77. The molecule has 0 saturated heterocycles. The molecule has 3 heterocycles. The van der Waals surface area contributed by atoms with Crippen LogP contribution in [0.4, 0.5) is 0 Å². The monoisotopic (exact) mass is 370 g/mol. The minimum Gasteiger partial charge on any atom is -0.225 e. The molecule has 0 bridgehead atoms. The average Bonchev–Trinajstić information content (AvgIpc) is 3.21.